The van der Waals surface area contributed by atoms with Crippen LogP contribution in [0.1, 0.15) is 401 Å². The van der Waals surface area contributed by atoms with E-state index < -0.39 is 97.5 Å². The van der Waals surface area contributed by atoms with Crippen molar-refractivity contribution >= 4 is 39.5 Å². The second-order valence-electron chi connectivity index (χ2n) is 28.5. The summed E-state index contributed by atoms with van der Waals surface area (Å²) in [6, 6.07) is 0. The fourth-order valence-corrected chi connectivity index (χ4v) is 13.4. The number of rotatable bonds is 76. The highest BCUT2D eigenvalue weighted by molar-refractivity contribution is 7.47. The van der Waals surface area contributed by atoms with Crippen LogP contribution in [0.4, 0.5) is 0 Å². The summed E-state index contributed by atoms with van der Waals surface area (Å²) in [4.78, 5) is 72.8. The first-order chi connectivity index (χ1) is 46.4. The molecule has 0 bridgehead atoms. The van der Waals surface area contributed by atoms with Gasteiger partial charge in [-0.1, -0.05) is 350 Å². The van der Waals surface area contributed by atoms with Crippen molar-refractivity contribution in [1.82, 2.24) is 0 Å². The summed E-state index contributed by atoms with van der Waals surface area (Å²) in [5.74, 6) is -0.668. The second-order valence-corrected chi connectivity index (χ2v) is 31.4. The smallest absolute Gasteiger partial charge is 0.462 e. The van der Waals surface area contributed by atoms with Crippen molar-refractivity contribution in [3.63, 3.8) is 0 Å². The number of ether oxygens (including phenoxy) is 4. The first kappa shape index (κ1) is 94.1. The standard InChI is InChI=1S/C77H150O17P2/c1-7-10-12-14-16-18-20-22-24-26-28-30-32-34-36-41-49-55-61-76(81)93-72(65-87-74(79)59-53-47-40-35-33-31-29-27-25-23-21-19-17-15-13-11-8-2)67-91-95(83,84)89-63-71(78)64-90-96(85,86)92-68-73(66-88-75(80)60-54-48-44-43-46-52-58-70(6)9-3)94-77(82)62-56-50-42-38-37-39-45-51-57-69(4)5/h69-73,78H,7-68H2,1-6H3,(H,83,84)(H,85,86)/t70?,71-,72-,73-/m1/s1. The van der Waals surface area contributed by atoms with Crippen molar-refractivity contribution in [3.05, 3.63) is 0 Å². The fraction of sp³-hybridized carbons (Fsp3) is 0.948. The first-order valence-electron chi connectivity index (χ1n) is 40.0. The second kappa shape index (κ2) is 68.8. The number of unbranched alkanes of at least 4 members (excludes halogenated alkanes) is 45. The van der Waals surface area contributed by atoms with Crippen LogP contribution in [-0.4, -0.2) is 96.7 Å². The highest BCUT2D eigenvalue weighted by Gasteiger charge is 2.30. The van der Waals surface area contributed by atoms with Gasteiger partial charge in [0.2, 0.25) is 0 Å². The summed E-state index contributed by atoms with van der Waals surface area (Å²) in [7, 11) is -9.91. The Balaban J connectivity index is 5.23. The predicted octanol–water partition coefficient (Wildman–Crippen LogP) is 22.7. The molecule has 0 aromatic heterocycles. The van der Waals surface area contributed by atoms with Crippen LogP contribution >= 0.6 is 15.6 Å². The van der Waals surface area contributed by atoms with Gasteiger partial charge >= 0.3 is 39.5 Å². The van der Waals surface area contributed by atoms with E-state index in [0.29, 0.717) is 25.7 Å². The van der Waals surface area contributed by atoms with Crippen molar-refractivity contribution < 1.29 is 80.2 Å². The number of phosphoric acid groups is 2. The molecule has 17 nitrogen and oxygen atoms in total. The van der Waals surface area contributed by atoms with E-state index in [2.05, 4.69) is 41.5 Å². The van der Waals surface area contributed by atoms with Crippen molar-refractivity contribution in [2.45, 2.75) is 419 Å². The zero-order chi connectivity index (χ0) is 70.7. The number of hydrogen-bond acceptors (Lipinski definition) is 15. The number of aliphatic hydroxyl groups is 1. The van der Waals surface area contributed by atoms with Crippen LogP contribution in [-0.2, 0) is 65.4 Å². The summed E-state index contributed by atoms with van der Waals surface area (Å²) >= 11 is 0. The molecule has 96 heavy (non-hydrogen) atoms. The van der Waals surface area contributed by atoms with E-state index in [1.807, 2.05) is 0 Å². The third kappa shape index (κ3) is 69.2. The molecule has 0 aliphatic rings. The Hall–Kier alpha value is -1.94. The molecule has 0 aliphatic heterocycles. The zero-order valence-electron chi connectivity index (χ0n) is 62.7. The summed E-state index contributed by atoms with van der Waals surface area (Å²) in [6.45, 7) is 9.52. The van der Waals surface area contributed by atoms with Gasteiger partial charge in [-0.05, 0) is 37.5 Å². The van der Waals surface area contributed by atoms with Gasteiger partial charge in [-0.3, -0.25) is 37.3 Å². The minimum Gasteiger partial charge on any atom is -0.462 e. The number of phosphoric ester groups is 2. The van der Waals surface area contributed by atoms with E-state index in [9.17, 15) is 43.2 Å². The summed E-state index contributed by atoms with van der Waals surface area (Å²) < 4.78 is 68.5. The molecule has 19 heteroatoms. The average Bonchev–Trinajstić information content (AvgIpc) is 1.47. The molecule has 0 radical (unpaired) electrons. The topological polar surface area (TPSA) is 237 Å². The molecule has 0 aromatic rings. The number of hydrogen-bond donors (Lipinski definition) is 3. The lowest BCUT2D eigenvalue weighted by Crippen LogP contribution is -2.30. The number of aliphatic hydroxyl groups excluding tert-OH is 1. The maximum absolute atomic E-state index is 13.1. The Bertz CT molecular complexity index is 1860. The number of esters is 4. The van der Waals surface area contributed by atoms with Crippen molar-refractivity contribution in [2.24, 2.45) is 11.8 Å². The maximum Gasteiger partial charge on any atom is 0.472 e. The average molecular weight is 1410 g/mol. The largest absolute Gasteiger partial charge is 0.472 e. The normalized spacial score (nSPS) is 14.3. The first-order valence-corrected chi connectivity index (χ1v) is 43.0. The molecule has 0 aliphatic carbocycles. The SMILES string of the molecule is CCCCCCCCCCCCCCCCCCCCC(=O)O[C@H](COC(=O)CCCCCCCCCCCCCCCCCCC)COP(=O)(O)OC[C@@H](O)COP(=O)(O)OC[C@@H](COC(=O)CCCCCCCCC(C)CC)OC(=O)CCCCCCCCCCC(C)C. The number of carbonyl (C=O) groups is 4. The lowest BCUT2D eigenvalue weighted by molar-refractivity contribution is -0.161. The lowest BCUT2D eigenvalue weighted by atomic mass is 10.00. The van der Waals surface area contributed by atoms with Crippen LogP contribution < -0.4 is 0 Å². The van der Waals surface area contributed by atoms with Gasteiger partial charge in [-0.15, -0.1) is 0 Å². The van der Waals surface area contributed by atoms with Gasteiger partial charge in [0.05, 0.1) is 26.4 Å². The van der Waals surface area contributed by atoms with Gasteiger partial charge in [0.25, 0.3) is 0 Å². The third-order valence-corrected chi connectivity index (χ3v) is 20.2. The van der Waals surface area contributed by atoms with E-state index in [1.54, 1.807) is 0 Å². The number of carbonyl (C=O) groups excluding carboxylic acids is 4. The molecule has 570 valence electrons. The Morgan fingerprint density at radius 1 is 0.302 bits per heavy atom. The zero-order valence-corrected chi connectivity index (χ0v) is 64.5. The highest BCUT2D eigenvalue weighted by atomic mass is 31.2. The molecule has 3 N–H and O–H groups in total. The van der Waals surface area contributed by atoms with Gasteiger partial charge < -0.3 is 33.8 Å². The van der Waals surface area contributed by atoms with E-state index in [-0.39, 0.29) is 25.7 Å². The highest BCUT2D eigenvalue weighted by Crippen LogP contribution is 2.45. The minimum absolute atomic E-state index is 0.104. The van der Waals surface area contributed by atoms with Crippen molar-refractivity contribution in [2.75, 3.05) is 39.6 Å². The summed E-state index contributed by atoms with van der Waals surface area (Å²) in [6.07, 6.45) is 57.0. The Morgan fingerprint density at radius 3 is 0.792 bits per heavy atom. The third-order valence-electron chi connectivity index (χ3n) is 18.3. The summed E-state index contributed by atoms with van der Waals surface area (Å²) in [5, 5.41) is 10.6. The van der Waals surface area contributed by atoms with Crippen LogP contribution in [0.15, 0.2) is 0 Å². The van der Waals surface area contributed by atoms with E-state index in [1.165, 1.54) is 212 Å². The molecule has 0 heterocycles. The van der Waals surface area contributed by atoms with Gasteiger partial charge in [-0.25, -0.2) is 9.13 Å². The molecule has 0 amide bonds. The van der Waals surface area contributed by atoms with Crippen LogP contribution in [0.3, 0.4) is 0 Å². The van der Waals surface area contributed by atoms with Crippen LogP contribution in [0.2, 0.25) is 0 Å². The fourth-order valence-electron chi connectivity index (χ4n) is 11.8. The van der Waals surface area contributed by atoms with Crippen LogP contribution in [0.25, 0.3) is 0 Å². The molecule has 0 spiro atoms. The molecule has 0 rings (SSSR count). The van der Waals surface area contributed by atoms with Gasteiger partial charge in [-0.2, -0.15) is 0 Å². The molecule has 0 saturated heterocycles. The van der Waals surface area contributed by atoms with Crippen molar-refractivity contribution in [1.29, 1.82) is 0 Å². The molecule has 3 unspecified atom stereocenters. The molecular weight excluding hydrogens is 1260 g/mol. The minimum atomic E-state index is -4.96. The quantitative estimate of drug-likeness (QED) is 0.0222. The van der Waals surface area contributed by atoms with Crippen LogP contribution in [0, 0.1) is 11.8 Å². The summed E-state index contributed by atoms with van der Waals surface area (Å²) in [5.41, 5.74) is 0. The molecule has 6 atom stereocenters. The lowest BCUT2D eigenvalue weighted by Gasteiger charge is -2.21. The van der Waals surface area contributed by atoms with E-state index >= 15 is 0 Å². The predicted molar refractivity (Wildman–Crippen MR) is 391 cm³/mol. The Morgan fingerprint density at radius 2 is 0.531 bits per heavy atom. The molecule has 0 fully saturated rings. The van der Waals surface area contributed by atoms with Gasteiger partial charge in [0.1, 0.15) is 19.3 Å². The van der Waals surface area contributed by atoms with Crippen molar-refractivity contribution in [3.8, 4) is 0 Å². The monoisotopic (exact) mass is 1410 g/mol. The van der Waals surface area contributed by atoms with Crippen LogP contribution in [0.5, 0.6) is 0 Å². The van der Waals surface area contributed by atoms with E-state index in [4.69, 9.17) is 37.0 Å². The molecule has 0 saturated carbocycles. The molecular formula is C77H150O17P2. The Kier molecular flexibility index (Phi) is 67.4. The van der Waals surface area contributed by atoms with Gasteiger partial charge in [0.15, 0.2) is 12.2 Å². The maximum atomic E-state index is 13.1. The van der Waals surface area contributed by atoms with Gasteiger partial charge in [0, 0.05) is 25.7 Å². The Labute approximate surface area is 588 Å². The van der Waals surface area contributed by atoms with E-state index in [0.717, 1.165) is 108 Å². The molecule has 0 aromatic carbocycles.